The second-order valence-corrected chi connectivity index (χ2v) is 3.64. The van der Waals surface area contributed by atoms with Crippen LogP contribution >= 0.6 is 0 Å². The first-order chi connectivity index (χ1) is 5.00. The van der Waals surface area contributed by atoms with Crippen LogP contribution in [0.25, 0.3) is 0 Å². The molecule has 1 heterocycles. The van der Waals surface area contributed by atoms with Crippen molar-refractivity contribution in [3.63, 3.8) is 0 Å². The van der Waals surface area contributed by atoms with E-state index in [1.807, 2.05) is 6.20 Å². The van der Waals surface area contributed by atoms with Gasteiger partial charge in [0.1, 0.15) is 6.20 Å². The van der Waals surface area contributed by atoms with E-state index in [0.717, 1.165) is 5.56 Å². The Balaban J connectivity index is 2.99. The molecule has 1 aromatic heterocycles. The summed E-state index contributed by atoms with van der Waals surface area (Å²) in [5.74, 6) is 0.456. The average molecular weight is 152 g/mol. The maximum atomic E-state index is 5.40. The number of nitrogen functional groups attached to an aromatic ring is 1. The summed E-state index contributed by atoms with van der Waals surface area (Å²) in [7, 11) is 0. The molecule has 0 spiro atoms. The maximum Gasteiger partial charge on any atom is 0.386 e. The van der Waals surface area contributed by atoms with Crippen LogP contribution in [-0.4, -0.2) is 4.98 Å². The Labute approximate surface area is 66.7 Å². The lowest BCUT2D eigenvalue weighted by Gasteiger charge is -2.15. The maximum absolute atomic E-state index is 5.40. The van der Waals surface area contributed by atoms with Gasteiger partial charge in [-0.15, -0.1) is 0 Å². The van der Waals surface area contributed by atoms with E-state index in [4.69, 9.17) is 5.73 Å². The number of hydrogen-bond acceptors (Lipinski definition) is 2. The molecule has 0 atom stereocenters. The highest BCUT2D eigenvalue weighted by molar-refractivity contribution is 5.16. The highest BCUT2D eigenvalue weighted by Crippen LogP contribution is 2.18. The largest absolute Gasteiger partial charge is 0.386 e. The predicted molar refractivity (Wildman–Crippen MR) is 43.9 cm³/mol. The summed E-state index contributed by atoms with van der Waals surface area (Å²) in [5, 5.41) is 0. The van der Waals surface area contributed by atoms with E-state index < -0.39 is 0 Å². The van der Waals surface area contributed by atoms with Gasteiger partial charge in [-0.3, -0.25) is 5.73 Å². The second kappa shape index (κ2) is 2.49. The van der Waals surface area contributed by atoms with E-state index >= 15 is 0 Å². The number of hydrogen-bond donors (Lipinski definition) is 1. The number of aromatic nitrogens is 2. The molecule has 0 saturated carbocycles. The molecule has 0 unspecified atom stereocenters. The molecular formula is C8H14N3+. The molecule has 0 amide bonds. The van der Waals surface area contributed by atoms with E-state index in [0.29, 0.717) is 5.95 Å². The minimum Gasteiger partial charge on any atom is -0.287 e. The molecule has 0 aliphatic carbocycles. The van der Waals surface area contributed by atoms with Crippen LogP contribution in [0.4, 0.5) is 5.95 Å². The monoisotopic (exact) mass is 152 g/mol. The highest BCUT2D eigenvalue weighted by Gasteiger charge is 2.15. The second-order valence-electron chi connectivity index (χ2n) is 3.64. The van der Waals surface area contributed by atoms with Crippen LogP contribution in [0.3, 0.4) is 0 Å². The quantitative estimate of drug-likeness (QED) is 0.597. The molecule has 3 N–H and O–H groups in total. The first kappa shape index (κ1) is 7.98. The van der Waals surface area contributed by atoms with Crippen molar-refractivity contribution in [1.82, 2.24) is 4.98 Å². The lowest BCUT2D eigenvalue weighted by Crippen LogP contribution is -2.19. The predicted octanol–water partition coefficient (Wildman–Crippen LogP) is 0.775. The van der Waals surface area contributed by atoms with Crippen LogP contribution in [0, 0.1) is 0 Å². The lowest BCUT2D eigenvalue weighted by molar-refractivity contribution is -0.365. The number of rotatable bonds is 0. The molecule has 0 radical (unpaired) electrons. The van der Waals surface area contributed by atoms with Crippen molar-refractivity contribution in [1.29, 1.82) is 0 Å². The minimum absolute atomic E-state index is 0.136. The Morgan fingerprint density at radius 3 is 2.45 bits per heavy atom. The van der Waals surface area contributed by atoms with Crippen molar-refractivity contribution in [2.45, 2.75) is 26.2 Å². The van der Waals surface area contributed by atoms with Gasteiger partial charge >= 0.3 is 5.95 Å². The smallest absolute Gasteiger partial charge is 0.287 e. The van der Waals surface area contributed by atoms with E-state index in [1.54, 1.807) is 6.20 Å². The molecule has 1 rings (SSSR count). The highest BCUT2D eigenvalue weighted by atomic mass is 15.0. The van der Waals surface area contributed by atoms with Crippen molar-refractivity contribution in [3.8, 4) is 0 Å². The number of anilines is 1. The van der Waals surface area contributed by atoms with Crippen molar-refractivity contribution < 1.29 is 4.98 Å². The fourth-order valence-corrected chi connectivity index (χ4v) is 0.775. The summed E-state index contributed by atoms with van der Waals surface area (Å²) in [6.45, 7) is 6.40. The summed E-state index contributed by atoms with van der Waals surface area (Å²) in [5.41, 5.74) is 6.70. The van der Waals surface area contributed by atoms with Crippen molar-refractivity contribution >= 4 is 5.95 Å². The van der Waals surface area contributed by atoms with E-state index in [2.05, 4.69) is 30.7 Å². The molecule has 0 fully saturated rings. The zero-order valence-electron chi connectivity index (χ0n) is 7.18. The van der Waals surface area contributed by atoms with Gasteiger partial charge in [-0.05, 0) is 5.41 Å². The molecular weight excluding hydrogens is 138 g/mol. The summed E-state index contributed by atoms with van der Waals surface area (Å²) in [4.78, 5) is 6.84. The lowest BCUT2D eigenvalue weighted by atomic mass is 9.89. The Bertz CT molecular complexity index is 233. The Morgan fingerprint density at radius 2 is 2.09 bits per heavy atom. The van der Waals surface area contributed by atoms with E-state index in [9.17, 15) is 0 Å². The van der Waals surface area contributed by atoms with Crippen LogP contribution in [0.15, 0.2) is 12.4 Å². The summed E-state index contributed by atoms with van der Waals surface area (Å²) < 4.78 is 0. The molecule has 0 aliphatic heterocycles. The van der Waals surface area contributed by atoms with Gasteiger partial charge < -0.3 is 0 Å². The van der Waals surface area contributed by atoms with Crippen LogP contribution in [0.1, 0.15) is 26.3 Å². The molecule has 3 nitrogen and oxygen atoms in total. The molecule has 0 bridgehead atoms. The van der Waals surface area contributed by atoms with Crippen LogP contribution in [0.2, 0.25) is 0 Å². The first-order valence-electron chi connectivity index (χ1n) is 3.64. The van der Waals surface area contributed by atoms with Gasteiger partial charge in [-0.25, -0.2) is 4.98 Å². The summed E-state index contributed by atoms with van der Waals surface area (Å²) >= 11 is 0. The first-order valence-corrected chi connectivity index (χ1v) is 3.64. The fraction of sp³-hybridized carbons (Fsp3) is 0.500. The standard InChI is InChI=1S/C8H13N3/c1-8(2,3)6-4-10-7(9)11-5-6/h4-5H,1-3H3,(H2,9,10,11)/p+1. The van der Waals surface area contributed by atoms with Crippen LogP contribution in [0.5, 0.6) is 0 Å². The van der Waals surface area contributed by atoms with E-state index in [1.165, 1.54) is 0 Å². The number of aromatic amines is 1. The summed E-state index contributed by atoms with van der Waals surface area (Å²) in [6.07, 6.45) is 3.69. The number of nitrogens with zero attached hydrogens (tertiary/aromatic N) is 1. The SMILES string of the molecule is CC(C)(C)c1cnc(N)[nH+]c1. The number of nitrogens with one attached hydrogen (secondary N) is 1. The number of H-pyrrole nitrogens is 1. The van der Waals surface area contributed by atoms with Gasteiger partial charge in [0.15, 0.2) is 0 Å². The average Bonchev–Trinajstić information content (AvgIpc) is 1.86. The van der Waals surface area contributed by atoms with Gasteiger partial charge in [-0.1, -0.05) is 25.8 Å². The van der Waals surface area contributed by atoms with Gasteiger partial charge in [0.25, 0.3) is 0 Å². The Kier molecular flexibility index (Phi) is 1.81. The normalized spacial score (nSPS) is 11.5. The van der Waals surface area contributed by atoms with Gasteiger partial charge in [0.05, 0.1) is 6.20 Å². The molecule has 0 aromatic carbocycles. The summed E-state index contributed by atoms with van der Waals surface area (Å²) in [6, 6.07) is 0. The third kappa shape index (κ3) is 1.90. The zero-order chi connectivity index (χ0) is 8.48. The minimum atomic E-state index is 0.136. The molecule has 0 saturated heterocycles. The topological polar surface area (TPSA) is 53.0 Å². The van der Waals surface area contributed by atoms with Crippen molar-refractivity contribution in [2.75, 3.05) is 5.73 Å². The van der Waals surface area contributed by atoms with Crippen LogP contribution < -0.4 is 10.7 Å². The van der Waals surface area contributed by atoms with Gasteiger partial charge in [-0.2, -0.15) is 0 Å². The van der Waals surface area contributed by atoms with Gasteiger partial charge in [0.2, 0.25) is 0 Å². The molecule has 1 aromatic rings. The third-order valence-corrected chi connectivity index (χ3v) is 1.58. The Morgan fingerprint density at radius 1 is 1.45 bits per heavy atom. The molecule has 3 heteroatoms. The third-order valence-electron chi connectivity index (χ3n) is 1.58. The molecule has 0 aliphatic rings. The van der Waals surface area contributed by atoms with Crippen molar-refractivity contribution in [2.24, 2.45) is 0 Å². The van der Waals surface area contributed by atoms with Gasteiger partial charge in [0, 0.05) is 5.56 Å². The van der Waals surface area contributed by atoms with Crippen LogP contribution in [-0.2, 0) is 5.41 Å². The zero-order valence-corrected chi connectivity index (χ0v) is 7.18. The number of nitrogens with two attached hydrogens (primary N) is 1. The van der Waals surface area contributed by atoms with Crippen molar-refractivity contribution in [3.05, 3.63) is 18.0 Å². The molecule has 60 valence electrons. The molecule has 11 heavy (non-hydrogen) atoms. The Hall–Kier alpha value is -1.12. The van der Waals surface area contributed by atoms with E-state index in [-0.39, 0.29) is 5.41 Å². The fourth-order valence-electron chi connectivity index (χ4n) is 0.775.